The summed E-state index contributed by atoms with van der Waals surface area (Å²) in [5.41, 5.74) is 0. The molecule has 3 unspecified atom stereocenters. The summed E-state index contributed by atoms with van der Waals surface area (Å²) in [6.45, 7) is 3.72. The molecule has 2 fully saturated rings. The third-order valence-electron chi connectivity index (χ3n) is 2.77. The summed E-state index contributed by atoms with van der Waals surface area (Å²) in [5, 5.41) is 7.02. The van der Waals surface area contributed by atoms with Crippen molar-refractivity contribution in [3.8, 4) is 0 Å². The van der Waals surface area contributed by atoms with Gasteiger partial charge in [0, 0.05) is 6.04 Å². The van der Waals surface area contributed by atoms with Gasteiger partial charge in [-0.15, -0.1) is 0 Å². The lowest BCUT2D eigenvalue weighted by Crippen LogP contribution is -2.50. The zero-order valence-electron chi connectivity index (χ0n) is 7.10. The Morgan fingerprint density at radius 2 is 2.00 bits per heavy atom. The normalized spacial score (nSPS) is 37.1. The molecule has 11 heavy (non-hydrogen) atoms. The van der Waals surface area contributed by atoms with E-state index in [-0.39, 0.29) is 9.90 Å². The molecule has 3 atom stereocenters. The van der Waals surface area contributed by atoms with Gasteiger partial charge in [0.2, 0.25) is 0 Å². The van der Waals surface area contributed by atoms with E-state index in [0.29, 0.717) is 0 Å². The highest BCUT2D eigenvalue weighted by Gasteiger charge is 2.26. The van der Waals surface area contributed by atoms with Gasteiger partial charge >= 0.3 is 0 Å². The first-order chi connectivity index (χ1) is 4.97. The Morgan fingerprint density at radius 3 is 2.82 bits per heavy atom. The lowest BCUT2D eigenvalue weighted by Gasteiger charge is -2.36. The molecule has 0 radical (unpaired) electrons. The van der Waals surface area contributed by atoms with Crippen LogP contribution in [0.15, 0.2) is 0 Å². The summed E-state index contributed by atoms with van der Waals surface area (Å²) in [7, 11) is 0. The molecule has 2 rings (SSSR count). The van der Waals surface area contributed by atoms with E-state index in [9.17, 15) is 0 Å². The second kappa shape index (κ2) is 4.39. The van der Waals surface area contributed by atoms with E-state index in [1.54, 1.807) is 0 Å². The van der Waals surface area contributed by atoms with Crippen LogP contribution in [0.3, 0.4) is 0 Å². The quantitative estimate of drug-likeness (QED) is 0.520. The highest BCUT2D eigenvalue weighted by molar-refractivity contribution is 6.92. The maximum Gasteiger partial charge on any atom is 0.0119 e. The van der Waals surface area contributed by atoms with E-state index in [1.165, 1.54) is 38.9 Å². The summed E-state index contributed by atoms with van der Waals surface area (Å²) in [4.78, 5) is 0. The van der Waals surface area contributed by atoms with Crippen LogP contribution in [0.1, 0.15) is 19.3 Å². The van der Waals surface area contributed by atoms with E-state index in [0.717, 1.165) is 12.0 Å². The molecule has 0 bridgehead atoms. The monoisotopic (exact) mass is 174 g/mol. The molecular formula is C8H19N2P. The molecule has 0 aliphatic carbocycles. The molecule has 3 heteroatoms. The fraction of sp³-hybridized carbons (Fsp3) is 1.00. The van der Waals surface area contributed by atoms with Crippen molar-refractivity contribution in [3.63, 3.8) is 0 Å². The van der Waals surface area contributed by atoms with Crippen molar-refractivity contribution in [2.45, 2.75) is 25.3 Å². The maximum atomic E-state index is 3.58. The number of piperidine rings is 2. The van der Waals surface area contributed by atoms with E-state index >= 15 is 0 Å². The SMILES string of the molecule is C1CNC2CCNCC2C1.P. The number of hydrogen-bond donors (Lipinski definition) is 2. The predicted molar refractivity (Wildman–Crippen MR) is 53.1 cm³/mol. The second-order valence-corrected chi connectivity index (χ2v) is 3.46. The lowest BCUT2D eigenvalue weighted by atomic mass is 9.86. The molecule has 66 valence electrons. The van der Waals surface area contributed by atoms with Crippen molar-refractivity contribution in [1.82, 2.24) is 10.6 Å². The molecule has 2 nitrogen and oxygen atoms in total. The van der Waals surface area contributed by atoms with Crippen molar-refractivity contribution in [1.29, 1.82) is 0 Å². The van der Waals surface area contributed by atoms with Crippen LogP contribution in [0.2, 0.25) is 0 Å². The molecule has 0 amide bonds. The van der Waals surface area contributed by atoms with Crippen molar-refractivity contribution < 1.29 is 0 Å². The predicted octanol–water partition coefficient (Wildman–Crippen LogP) is 0.406. The average molecular weight is 174 g/mol. The van der Waals surface area contributed by atoms with Crippen LogP contribution in [0.25, 0.3) is 0 Å². The van der Waals surface area contributed by atoms with Crippen LogP contribution in [0.4, 0.5) is 0 Å². The van der Waals surface area contributed by atoms with Crippen LogP contribution in [-0.2, 0) is 0 Å². The summed E-state index contributed by atoms with van der Waals surface area (Å²) in [6.07, 6.45) is 4.15. The first kappa shape index (κ1) is 9.44. The van der Waals surface area contributed by atoms with Gasteiger partial charge in [-0.1, -0.05) is 0 Å². The molecule has 2 saturated heterocycles. The zero-order valence-corrected chi connectivity index (χ0v) is 8.52. The molecule has 0 saturated carbocycles. The minimum absolute atomic E-state index is 0. The number of fused-ring (bicyclic) bond motifs is 1. The van der Waals surface area contributed by atoms with E-state index in [2.05, 4.69) is 10.6 Å². The Bertz CT molecular complexity index is 92.7. The molecule has 0 spiro atoms. The molecule has 0 aromatic heterocycles. The minimum Gasteiger partial charge on any atom is -0.316 e. The van der Waals surface area contributed by atoms with E-state index < -0.39 is 0 Å². The highest BCUT2D eigenvalue weighted by atomic mass is 31.0. The largest absolute Gasteiger partial charge is 0.316 e. The Morgan fingerprint density at radius 1 is 1.09 bits per heavy atom. The van der Waals surface area contributed by atoms with Crippen molar-refractivity contribution in [3.05, 3.63) is 0 Å². The molecule has 2 aliphatic heterocycles. The number of nitrogens with one attached hydrogen (secondary N) is 2. The lowest BCUT2D eigenvalue weighted by molar-refractivity contribution is 0.226. The molecule has 2 N–H and O–H groups in total. The van der Waals surface area contributed by atoms with Crippen LogP contribution >= 0.6 is 9.90 Å². The van der Waals surface area contributed by atoms with Crippen LogP contribution in [0, 0.1) is 5.92 Å². The van der Waals surface area contributed by atoms with Gasteiger partial charge in [-0.3, -0.25) is 0 Å². The summed E-state index contributed by atoms with van der Waals surface area (Å²) >= 11 is 0. The first-order valence-electron chi connectivity index (χ1n) is 4.41. The summed E-state index contributed by atoms with van der Waals surface area (Å²) in [5.74, 6) is 0.933. The Balaban J connectivity index is 0.000000605. The fourth-order valence-corrected chi connectivity index (χ4v) is 2.15. The molecule has 2 heterocycles. The van der Waals surface area contributed by atoms with E-state index in [1.807, 2.05) is 0 Å². The maximum absolute atomic E-state index is 3.58. The Hall–Kier alpha value is 0.350. The molecule has 0 aromatic rings. The third kappa shape index (κ3) is 2.14. The van der Waals surface area contributed by atoms with E-state index in [4.69, 9.17) is 0 Å². The second-order valence-electron chi connectivity index (χ2n) is 3.46. The van der Waals surface area contributed by atoms with Gasteiger partial charge in [0.15, 0.2) is 0 Å². The van der Waals surface area contributed by atoms with Gasteiger partial charge in [-0.25, -0.2) is 0 Å². The number of hydrogen-bond acceptors (Lipinski definition) is 2. The number of rotatable bonds is 0. The molecule has 0 aromatic carbocycles. The van der Waals surface area contributed by atoms with Crippen LogP contribution in [-0.4, -0.2) is 25.7 Å². The van der Waals surface area contributed by atoms with Gasteiger partial charge in [0.1, 0.15) is 0 Å². The molecular weight excluding hydrogens is 155 g/mol. The topological polar surface area (TPSA) is 24.1 Å². The van der Waals surface area contributed by atoms with Gasteiger partial charge in [-0.05, 0) is 44.8 Å². The van der Waals surface area contributed by atoms with Crippen molar-refractivity contribution in [2.75, 3.05) is 19.6 Å². The van der Waals surface area contributed by atoms with Gasteiger partial charge < -0.3 is 10.6 Å². The van der Waals surface area contributed by atoms with Crippen molar-refractivity contribution in [2.24, 2.45) is 5.92 Å². The van der Waals surface area contributed by atoms with Gasteiger partial charge in [-0.2, -0.15) is 9.90 Å². The Labute approximate surface area is 72.1 Å². The fourth-order valence-electron chi connectivity index (χ4n) is 2.15. The Kier molecular flexibility index (Phi) is 3.77. The summed E-state index contributed by atoms with van der Waals surface area (Å²) < 4.78 is 0. The van der Waals surface area contributed by atoms with Gasteiger partial charge in [0.25, 0.3) is 0 Å². The third-order valence-corrected chi connectivity index (χ3v) is 2.77. The van der Waals surface area contributed by atoms with Crippen molar-refractivity contribution >= 4 is 9.90 Å². The van der Waals surface area contributed by atoms with Gasteiger partial charge in [0.05, 0.1) is 0 Å². The zero-order chi connectivity index (χ0) is 6.81. The highest BCUT2D eigenvalue weighted by Crippen LogP contribution is 2.20. The average Bonchev–Trinajstić information content (AvgIpc) is 2.05. The van der Waals surface area contributed by atoms with Crippen LogP contribution in [0.5, 0.6) is 0 Å². The molecule has 2 aliphatic rings. The van der Waals surface area contributed by atoms with Crippen LogP contribution < -0.4 is 10.6 Å². The standard InChI is InChI=1S/C8H16N2.H3P/c1-2-7-6-9-5-3-8(7)10-4-1;/h7-10H,1-6H2;1H3. The smallest absolute Gasteiger partial charge is 0.0119 e. The minimum atomic E-state index is 0. The summed E-state index contributed by atoms with van der Waals surface area (Å²) in [6, 6.07) is 0.843. The first-order valence-corrected chi connectivity index (χ1v) is 4.41.